The molecule has 114 valence electrons. The first-order valence-electron chi connectivity index (χ1n) is 7.45. The van der Waals surface area contributed by atoms with E-state index in [2.05, 4.69) is 15.3 Å². The van der Waals surface area contributed by atoms with E-state index >= 15 is 0 Å². The van der Waals surface area contributed by atoms with E-state index in [1.807, 2.05) is 67.6 Å². The molecular weight excluding hydrogens is 286 g/mol. The van der Waals surface area contributed by atoms with E-state index in [0.717, 1.165) is 11.1 Å². The summed E-state index contributed by atoms with van der Waals surface area (Å²) in [6, 6.07) is 19.5. The number of hydrogen-bond acceptors (Lipinski definition) is 3. The smallest absolute Gasteiger partial charge is 0.254 e. The largest absolute Gasteiger partial charge is 0.348 e. The summed E-state index contributed by atoms with van der Waals surface area (Å²) in [5.41, 5.74) is 3.16. The Morgan fingerprint density at radius 2 is 1.65 bits per heavy atom. The first kappa shape index (κ1) is 14.9. The van der Waals surface area contributed by atoms with Gasteiger partial charge in [0, 0.05) is 18.3 Å². The minimum atomic E-state index is -0.161. The van der Waals surface area contributed by atoms with Gasteiger partial charge in [0.15, 0.2) is 5.82 Å². The number of rotatable bonds is 4. The number of hydrogen-bond donors (Lipinski definition) is 1. The van der Waals surface area contributed by atoms with Crippen LogP contribution in [0.5, 0.6) is 0 Å². The number of benzene rings is 2. The van der Waals surface area contributed by atoms with Crippen LogP contribution in [-0.4, -0.2) is 15.9 Å². The summed E-state index contributed by atoms with van der Waals surface area (Å²) in [7, 11) is 0. The summed E-state index contributed by atoms with van der Waals surface area (Å²) in [6.07, 6.45) is 1.59. The van der Waals surface area contributed by atoms with Crippen LogP contribution in [-0.2, 0) is 6.54 Å². The van der Waals surface area contributed by atoms with Crippen molar-refractivity contribution in [1.29, 1.82) is 0 Å². The van der Waals surface area contributed by atoms with Crippen molar-refractivity contribution in [3.63, 3.8) is 0 Å². The lowest BCUT2D eigenvalue weighted by Crippen LogP contribution is -2.24. The fourth-order valence-electron chi connectivity index (χ4n) is 2.29. The van der Waals surface area contributed by atoms with Gasteiger partial charge >= 0.3 is 0 Å². The van der Waals surface area contributed by atoms with Crippen LogP contribution in [0.15, 0.2) is 66.9 Å². The van der Waals surface area contributed by atoms with E-state index in [4.69, 9.17) is 0 Å². The molecule has 3 rings (SSSR count). The number of nitrogens with one attached hydrogen (secondary N) is 1. The summed E-state index contributed by atoms with van der Waals surface area (Å²) in [5.74, 6) is 0.466. The van der Waals surface area contributed by atoms with Crippen molar-refractivity contribution in [1.82, 2.24) is 15.3 Å². The molecule has 0 unspecified atom stereocenters. The molecule has 0 saturated carbocycles. The lowest BCUT2D eigenvalue weighted by Gasteiger charge is -2.08. The van der Waals surface area contributed by atoms with Gasteiger partial charge in [-0.2, -0.15) is 0 Å². The third-order valence-corrected chi connectivity index (χ3v) is 3.55. The third-order valence-electron chi connectivity index (χ3n) is 3.55. The molecule has 0 radical (unpaired) electrons. The van der Waals surface area contributed by atoms with Gasteiger partial charge in [0.25, 0.3) is 5.91 Å². The first-order valence-corrected chi connectivity index (χ1v) is 7.45. The van der Waals surface area contributed by atoms with Gasteiger partial charge < -0.3 is 5.32 Å². The van der Waals surface area contributed by atoms with Crippen LogP contribution < -0.4 is 5.32 Å². The number of aromatic nitrogens is 2. The average molecular weight is 303 g/mol. The molecule has 3 aromatic rings. The molecule has 0 atom stereocenters. The van der Waals surface area contributed by atoms with Crippen molar-refractivity contribution >= 4 is 5.91 Å². The van der Waals surface area contributed by atoms with Crippen molar-refractivity contribution in [3.05, 3.63) is 83.7 Å². The monoisotopic (exact) mass is 303 g/mol. The molecule has 4 heteroatoms. The SMILES string of the molecule is Cc1nc(-c2ccccc2)ncc1C(=O)NCc1ccccc1. The number of carbonyl (C=O) groups is 1. The first-order chi connectivity index (χ1) is 11.2. The maximum Gasteiger partial charge on any atom is 0.254 e. The van der Waals surface area contributed by atoms with E-state index in [-0.39, 0.29) is 5.91 Å². The summed E-state index contributed by atoms with van der Waals surface area (Å²) < 4.78 is 0. The Morgan fingerprint density at radius 1 is 1.00 bits per heavy atom. The van der Waals surface area contributed by atoms with Crippen LogP contribution in [0.1, 0.15) is 21.6 Å². The minimum absolute atomic E-state index is 0.161. The Labute approximate surface area is 135 Å². The number of nitrogens with zero attached hydrogens (tertiary/aromatic N) is 2. The summed E-state index contributed by atoms with van der Waals surface area (Å²) >= 11 is 0. The highest BCUT2D eigenvalue weighted by Gasteiger charge is 2.12. The summed E-state index contributed by atoms with van der Waals surface area (Å²) in [6.45, 7) is 2.31. The number of amides is 1. The Morgan fingerprint density at radius 3 is 2.30 bits per heavy atom. The lowest BCUT2D eigenvalue weighted by molar-refractivity contribution is 0.0949. The van der Waals surface area contributed by atoms with E-state index in [9.17, 15) is 4.79 Å². The number of carbonyl (C=O) groups excluding carboxylic acids is 1. The second-order valence-electron chi connectivity index (χ2n) is 5.23. The molecule has 1 amide bonds. The zero-order valence-corrected chi connectivity index (χ0v) is 12.9. The Bertz CT molecular complexity index is 801. The maximum atomic E-state index is 12.3. The van der Waals surface area contributed by atoms with Gasteiger partial charge in [-0.3, -0.25) is 4.79 Å². The van der Waals surface area contributed by atoms with Gasteiger partial charge in [0.05, 0.1) is 11.3 Å². The normalized spacial score (nSPS) is 10.3. The van der Waals surface area contributed by atoms with Crippen LogP contribution in [0.3, 0.4) is 0 Å². The van der Waals surface area contributed by atoms with Crippen molar-refractivity contribution < 1.29 is 4.79 Å². The van der Waals surface area contributed by atoms with E-state index in [1.165, 1.54) is 0 Å². The number of aryl methyl sites for hydroxylation is 1. The van der Waals surface area contributed by atoms with E-state index in [1.54, 1.807) is 6.20 Å². The maximum absolute atomic E-state index is 12.3. The Balaban J connectivity index is 1.74. The van der Waals surface area contributed by atoms with Gasteiger partial charge in [-0.05, 0) is 12.5 Å². The van der Waals surface area contributed by atoms with Gasteiger partial charge in [-0.1, -0.05) is 60.7 Å². The van der Waals surface area contributed by atoms with Gasteiger partial charge in [-0.25, -0.2) is 9.97 Å². The summed E-state index contributed by atoms with van der Waals surface area (Å²) in [4.78, 5) is 21.1. The standard InChI is InChI=1S/C19H17N3O/c1-14-17(19(23)21-12-15-8-4-2-5-9-15)13-20-18(22-14)16-10-6-3-7-11-16/h2-11,13H,12H2,1H3,(H,21,23). The van der Waals surface area contributed by atoms with Crippen LogP contribution in [0, 0.1) is 6.92 Å². The second kappa shape index (κ2) is 6.83. The zero-order chi connectivity index (χ0) is 16.1. The van der Waals surface area contributed by atoms with Crippen LogP contribution in [0.2, 0.25) is 0 Å². The van der Waals surface area contributed by atoms with Crippen molar-refractivity contribution in [2.75, 3.05) is 0 Å². The third kappa shape index (κ3) is 3.61. The molecule has 23 heavy (non-hydrogen) atoms. The predicted octanol–water partition coefficient (Wildman–Crippen LogP) is 3.38. The molecule has 0 spiro atoms. The molecule has 0 saturated heterocycles. The molecule has 1 aromatic heterocycles. The minimum Gasteiger partial charge on any atom is -0.348 e. The second-order valence-corrected chi connectivity index (χ2v) is 5.23. The molecule has 0 aliphatic heterocycles. The topological polar surface area (TPSA) is 54.9 Å². The Kier molecular flexibility index (Phi) is 4.43. The Hall–Kier alpha value is -3.01. The average Bonchev–Trinajstić information content (AvgIpc) is 2.61. The highest BCUT2D eigenvalue weighted by Crippen LogP contribution is 2.15. The van der Waals surface area contributed by atoms with Gasteiger partial charge in [0.1, 0.15) is 0 Å². The molecule has 0 bridgehead atoms. The molecule has 4 nitrogen and oxygen atoms in total. The molecule has 2 aromatic carbocycles. The molecule has 0 aliphatic rings. The fraction of sp³-hybridized carbons (Fsp3) is 0.105. The predicted molar refractivity (Wildman–Crippen MR) is 89.8 cm³/mol. The fourth-order valence-corrected chi connectivity index (χ4v) is 2.29. The van der Waals surface area contributed by atoms with Crippen molar-refractivity contribution in [2.45, 2.75) is 13.5 Å². The highest BCUT2D eigenvalue weighted by atomic mass is 16.1. The highest BCUT2D eigenvalue weighted by molar-refractivity contribution is 5.95. The summed E-state index contributed by atoms with van der Waals surface area (Å²) in [5, 5.41) is 2.90. The van der Waals surface area contributed by atoms with E-state index < -0.39 is 0 Å². The molecular formula is C19H17N3O. The van der Waals surface area contributed by atoms with Gasteiger partial charge in [-0.15, -0.1) is 0 Å². The molecule has 1 N–H and O–H groups in total. The van der Waals surface area contributed by atoms with Crippen molar-refractivity contribution in [2.24, 2.45) is 0 Å². The van der Waals surface area contributed by atoms with Crippen LogP contribution in [0.4, 0.5) is 0 Å². The molecule has 1 heterocycles. The van der Waals surface area contributed by atoms with Crippen LogP contribution in [0.25, 0.3) is 11.4 Å². The van der Waals surface area contributed by atoms with Crippen molar-refractivity contribution in [3.8, 4) is 11.4 Å². The lowest BCUT2D eigenvalue weighted by atomic mass is 10.1. The van der Waals surface area contributed by atoms with E-state index in [0.29, 0.717) is 23.6 Å². The molecule has 0 fully saturated rings. The van der Waals surface area contributed by atoms with Gasteiger partial charge in [0.2, 0.25) is 0 Å². The quantitative estimate of drug-likeness (QED) is 0.804. The molecule has 0 aliphatic carbocycles. The zero-order valence-electron chi connectivity index (χ0n) is 12.9. The van der Waals surface area contributed by atoms with Crippen LogP contribution >= 0.6 is 0 Å².